The zero-order valence-corrected chi connectivity index (χ0v) is 6.89. The summed E-state index contributed by atoms with van der Waals surface area (Å²) in [6.07, 6.45) is 6.14. The van der Waals surface area contributed by atoms with Crippen LogP contribution in [0.15, 0.2) is 11.8 Å². The average Bonchev–Trinajstić information content (AvgIpc) is 1.88. The van der Waals surface area contributed by atoms with Gasteiger partial charge in [-0.05, 0) is 31.6 Å². The fraction of sp³-hybridized carbons (Fsp3) is 0.750. The summed E-state index contributed by atoms with van der Waals surface area (Å²) in [6, 6.07) is 0. The Bertz CT molecular complexity index is 120. The maximum Gasteiger partial charge on any atom is 1.00 e. The van der Waals surface area contributed by atoms with Gasteiger partial charge in [-0.2, -0.15) is 0 Å². The molecule has 0 aromatic rings. The summed E-state index contributed by atoms with van der Waals surface area (Å²) >= 11 is 0. The summed E-state index contributed by atoms with van der Waals surface area (Å²) < 4.78 is 0. The van der Waals surface area contributed by atoms with E-state index < -0.39 is 0 Å². The average molecular weight is 132 g/mol. The fourth-order valence-electron chi connectivity index (χ4n) is 1.29. The Morgan fingerprint density at radius 3 is 2.80 bits per heavy atom. The molecule has 0 saturated heterocycles. The monoisotopic (exact) mass is 132 g/mol. The second-order valence-corrected chi connectivity index (χ2v) is 2.69. The van der Waals surface area contributed by atoms with Crippen LogP contribution in [-0.2, 0) is 0 Å². The summed E-state index contributed by atoms with van der Waals surface area (Å²) in [4.78, 5) is 0. The van der Waals surface area contributed by atoms with Gasteiger partial charge in [-0.1, -0.05) is 13.0 Å². The first-order valence-electron chi connectivity index (χ1n) is 3.70. The van der Waals surface area contributed by atoms with Gasteiger partial charge in [-0.25, -0.2) is 0 Å². The molecule has 1 aliphatic carbocycles. The third-order valence-corrected chi connectivity index (χ3v) is 1.94. The van der Waals surface area contributed by atoms with Crippen LogP contribution in [0.3, 0.4) is 0 Å². The molecule has 0 amide bonds. The van der Waals surface area contributed by atoms with Crippen molar-refractivity contribution in [2.75, 3.05) is 0 Å². The molecule has 1 atom stereocenters. The van der Waals surface area contributed by atoms with Gasteiger partial charge in [0.25, 0.3) is 0 Å². The molecule has 0 radical (unpaired) electrons. The Morgan fingerprint density at radius 1 is 1.70 bits per heavy atom. The van der Waals surface area contributed by atoms with E-state index in [0.29, 0.717) is 11.7 Å². The van der Waals surface area contributed by atoms with E-state index in [0.717, 1.165) is 19.3 Å². The summed E-state index contributed by atoms with van der Waals surface area (Å²) in [7, 11) is 0. The van der Waals surface area contributed by atoms with Crippen molar-refractivity contribution in [1.29, 1.82) is 0 Å². The van der Waals surface area contributed by atoms with Crippen LogP contribution in [0.5, 0.6) is 0 Å². The molecule has 0 spiro atoms. The number of rotatable bonds is 1. The van der Waals surface area contributed by atoms with Gasteiger partial charge in [-0.15, -0.1) is 5.76 Å². The van der Waals surface area contributed by atoms with Crippen LogP contribution in [0.25, 0.3) is 0 Å². The number of hydrogen-bond donors (Lipinski definition) is 0. The van der Waals surface area contributed by atoms with Gasteiger partial charge in [0.1, 0.15) is 0 Å². The molecule has 1 unspecified atom stereocenters. The minimum atomic E-state index is 0. The van der Waals surface area contributed by atoms with E-state index >= 15 is 0 Å². The molecule has 52 valence electrons. The molecule has 0 N–H and O–H groups in total. The molecule has 10 heavy (non-hydrogen) atoms. The first-order chi connectivity index (χ1) is 4.33. The molecular formula is C8H13LiO. The molecule has 0 bridgehead atoms. The first-order valence-corrected chi connectivity index (χ1v) is 3.70. The normalized spacial score (nSPS) is 24.9. The molecule has 1 nitrogen and oxygen atoms in total. The summed E-state index contributed by atoms with van der Waals surface area (Å²) in [5.41, 5.74) is 0. The van der Waals surface area contributed by atoms with Crippen molar-refractivity contribution in [2.24, 2.45) is 5.92 Å². The summed E-state index contributed by atoms with van der Waals surface area (Å²) in [6.45, 7) is 2.14. The minimum Gasteiger partial charge on any atom is -0.876 e. The van der Waals surface area contributed by atoms with Crippen LogP contribution in [-0.4, -0.2) is 0 Å². The molecular weight excluding hydrogens is 119 g/mol. The van der Waals surface area contributed by atoms with Crippen LogP contribution in [0.1, 0.15) is 32.6 Å². The van der Waals surface area contributed by atoms with Crippen molar-refractivity contribution in [3.8, 4) is 0 Å². The molecule has 0 saturated carbocycles. The summed E-state index contributed by atoms with van der Waals surface area (Å²) in [5, 5.41) is 10.8. The van der Waals surface area contributed by atoms with Crippen LogP contribution >= 0.6 is 0 Å². The zero-order valence-electron chi connectivity index (χ0n) is 6.89. The molecule has 0 aromatic heterocycles. The van der Waals surface area contributed by atoms with Gasteiger partial charge < -0.3 is 5.11 Å². The van der Waals surface area contributed by atoms with Gasteiger partial charge in [0, 0.05) is 0 Å². The van der Waals surface area contributed by atoms with E-state index in [4.69, 9.17) is 0 Å². The zero-order chi connectivity index (χ0) is 6.69. The topological polar surface area (TPSA) is 23.1 Å². The van der Waals surface area contributed by atoms with Crippen molar-refractivity contribution in [2.45, 2.75) is 32.6 Å². The predicted octanol–water partition coefficient (Wildman–Crippen LogP) is -1.56. The minimum absolute atomic E-state index is 0. The van der Waals surface area contributed by atoms with E-state index in [1.54, 1.807) is 0 Å². The molecule has 1 rings (SSSR count). The maximum atomic E-state index is 10.8. The third kappa shape index (κ3) is 2.81. The van der Waals surface area contributed by atoms with Gasteiger partial charge >= 0.3 is 18.9 Å². The Kier molecular flexibility index (Phi) is 4.94. The van der Waals surface area contributed by atoms with Crippen molar-refractivity contribution < 1.29 is 24.0 Å². The summed E-state index contributed by atoms with van der Waals surface area (Å²) in [5.74, 6) is 0.944. The fourth-order valence-corrected chi connectivity index (χ4v) is 1.29. The SMILES string of the molecule is CCC1C=C([O-])CCC1.[Li+]. The Balaban J connectivity index is 0.000000810. The molecule has 1 aliphatic rings. The van der Waals surface area contributed by atoms with Crippen molar-refractivity contribution in [3.63, 3.8) is 0 Å². The van der Waals surface area contributed by atoms with Gasteiger partial charge in [0.2, 0.25) is 0 Å². The van der Waals surface area contributed by atoms with Crippen LogP contribution in [0, 0.1) is 5.92 Å². The smallest absolute Gasteiger partial charge is 0.876 e. The molecule has 0 aliphatic heterocycles. The van der Waals surface area contributed by atoms with Crippen LogP contribution in [0.4, 0.5) is 0 Å². The van der Waals surface area contributed by atoms with Crippen molar-refractivity contribution >= 4 is 0 Å². The van der Waals surface area contributed by atoms with Crippen LogP contribution in [0.2, 0.25) is 0 Å². The standard InChI is InChI=1S/C8H14O.Li/c1-2-7-4-3-5-8(9)6-7;/h6-7,9H,2-5H2,1H3;/q;+1/p-1. The van der Waals surface area contributed by atoms with Gasteiger partial charge in [0.15, 0.2) is 0 Å². The molecule has 2 heteroatoms. The van der Waals surface area contributed by atoms with E-state index in [1.807, 2.05) is 6.08 Å². The van der Waals surface area contributed by atoms with Crippen molar-refractivity contribution in [3.05, 3.63) is 11.8 Å². The molecule has 0 aromatic carbocycles. The van der Waals surface area contributed by atoms with E-state index in [2.05, 4.69) is 6.92 Å². The van der Waals surface area contributed by atoms with Crippen LogP contribution < -0.4 is 24.0 Å². The van der Waals surface area contributed by atoms with E-state index in [9.17, 15) is 5.11 Å². The predicted molar refractivity (Wildman–Crippen MR) is 35.7 cm³/mol. The Hall–Kier alpha value is 0.137. The van der Waals surface area contributed by atoms with Crippen molar-refractivity contribution in [1.82, 2.24) is 0 Å². The molecule has 0 heterocycles. The number of allylic oxidation sites excluding steroid dienone is 2. The second-order valence-electron chi connectivity index (χ2n) is 2.69. The van der Waals surface area contributed by atoms with E-state index in [1.165, 1.54) is 6.42 Å². The number of hydrogen-bond acceptors (Lipinski definition) is 1. The van der Waals surface area contributed by atoms with Gasteiger partial charge in [0.05, 0.1) is 0 Å². The van der Waals surface area contributed by atoms with Gasteiger partial charge in [-0.3, -0.25) is 0 Å². The second kappa shape index (κ2) is 4.88. The third-order valence-electron chi connectivity index (χ3n) is 1.94. The quantitative estimate of drug-likeness (QED) is 0.396. The Labute approximate surface area is 74.7 Å². The first kappa shape index (κ1) is 10.1. The largest absolute Gasteiger partial charge is 1.00 e. The maximum absolute atomic E-state index is 10.8. The Morgan fingerprint density at radius 2 is 2.40 bits per heavy atom. The molecule has 0 fully saturated rings. The van der Waals surface area contributed by atoms with E-state index in [-0.39, 0.29) is 18.9 Å².